The summed E-state index contributed by atoms with van der Waals surface area (Å²) in [6.07, 6.45) is 13.1. The number of nitrogens with one attached hydrogen (secondary N) is 2. The van der Waals surface area contributed by atoms with Crippen molar-refractivity contribution in [2.24, 2.45) is 29.1 Å². The molecule has 1 aromatic rings. The zero-order valence-electron chi connectivity index (χ0n) is 13.5. The number of halogens is 1. The number of H-pyrrole nitrogens is 1. The quantitative estimate of drug-likeness (QED) is 0.887. The number of aromatic amines is 1. The highest BCUT2D eigenvalue weighted by Crippen LogP contribution is 2.59. The highest BCUT2D eigenvalue weighted by Gasteiger charge is 2.51. The fraction of sp³-hybridized carbons (Fsp3) is 0.778. The first kappa shape index (κ1) is 15.5. The van der Waals surface area contributed by atoms with Crippen molar-refractivity contribution in [1.82, 2.24) is 15.3 Å². The van der Waals surface area contributed by atoms with Gasteiger partial charge in [0.05, 0.1) is 6.33 Å². The number of amides is 1. The van der Waals surface area contributed by atoms with Crippen LogP contribution >= 0.6 is 12.4 Å². The van der Waals surface area contributed by atoms with E-state index >= 15 is 0 Å². The number of carbonyl (C=O) groups is 1. The van der Waals surface area contributed by atoms with Gasteiger partial charge in [-0.05, 0) is 68.1 Å². The fourth-order valence-corrected chi connectivity index (χ4v) is 6.21. The maximum Gasteiger partial charge on any atom is 0.223 e. The number of imidazole rings is 1. The van der Waals surface area contributed by atoms with Crippen LogP contribution in [0.2, 0.25) is 0 Å². The molecule has 6 rings (SSSR count). The number of hydrogen-bond donors (Lipinski definition) is 2. The van der Waals surface area contributed by atoms with E-state index in [9.17, 15) is 4.79 Å². The van der Waals surface area contributed by atoms with Crippen molar-refractivity contribution in [3.8, 4) is 0 Å². The summed E-state index contributed by atoms with van der Waals surface area (Å²) in [6, 6.07) is 0. The maximum absolute atomic E-state index is 12.5. The van der Waals surface area contributed by atoms with Crippen LogP contribution in [-0.4, -0.2) is 22.4 Å². The number of carbonyl (C=O) groups excluding carboxylic acids is 1. The van der Waals surface area contributed by atoms with Crippen molar-refractivity contribution in [3.05, 3.63) is 18.2 Å². The van der Waals surface area contributed by atoms with Gasteiger partial charge in [-0.2, -0.15) is 0 Å². The molecule has 5 aliphatic rings. The van der Waals surface area contributed by atoms with Gasteiger partial charge in [0.2, 0.25) is 5.91 Å². The predicted molar refractivity (Wildman–Crippen MR) is 90.3 cm³/mol. The summed E-state index contributed by atoms with van der Waals surface area (Å²) < 4.78 is 0. The third-order valence-electron chi connectivity index (χ3n) is 6.85. The van der Waals surface area contributed by atoms with Crippen LogP contribution in [0.15, 0.2) is 12.5 Å². The molecule has 1 aromatic heterocycles. The molecular weight excluding hydrogens is 310 g/mol. The minimum Gasteiger partial charge on any atom is -0.355 e. The smallest absolute Gasteiger partial charge is 0.223 e. The summed E-state index contributed by atoms with van der Waals surface area (Å²) >= 11 is 0. The predicted octanol–water partition coefficient (Wildman–Crippen LogP) is 3.27. The maximum atomic E-state index is 12.5. The van der Waals surface area contributed by atoms with E-state index in [4.69, 9.17) is 0 Å². The summed E-state index contributed by atoms with van der Waals surface area (Å²) in [5.41, 5.74) is 1.57. The second kappa shape index (κ2) is 5.51. The van der Waals surface area contributed by atoms with Crippen LogP contribution in [0.25, 0.3) is 0 Å². The summed E-state index contributed by atoms with van der Waals surface area (Å²) in [7, 11) is 0. The zero-order chi connectivity index (χ0) is 14.7. The molecule has 5 aliphatic carbocycles. The minimum absolute atomic E-state index is 0. The third-order valence-corrected chi connectivity index (χ3v) is 6.85. The van der Waals surface area contributed by atoms with Crippen LogP contribution in [0.4, 0.5) is 0 Å². The first-order valence-electron chi connectivity index (χ1n) is 8.97. The number of aromatic nitrogens is 2. The molecule has 5 saturated carbocycles. The van der Waals surface area contributed by atoms with Crippen LogP contribution in [0, 0.1) is 29.1 Å². The molecule has 0 spiro atoms. The average molecular weight is 336 g/mol. The number of nitrogens with zero attached hydrogens (tertiary/aromatic N) is 1. The van der Waals surface area contributed by atoms with Gasteiger partial charge in [-0.25, -0.2) is 4.98 Å². The van der Waals surface area contributed by atoms with Gasteiger partial charge in [0.25, 0.3) is 0 Å². The Kier molecular flexibility index (Phi) is 3.71. The molecule has 1 amide bonds. The molecular formula is C18H26ClN3O. The minimum atomic E-state index is 0. The molecule has 4 nitrogen and oxygen atoms in total. The third kappa shape index (κ3) is 2.69. The van der Waals surface area contributed by atoms with Gasteiger partial charge in [-0.3, -0.25) is 4.79 Å². The summed E-state index contributed by atoms with van der Waals surface area (Å²) in [6.45, 7) is 0.932. The van der Waals surface area contributed by atoms with Crippen LogP contribution in [-0.2, 0) is 4.79 Å². The van der Waals surface area contributed by atoms with Crippen molar-refractivity contribution in [3.63, 3.8) is 0 Å². The Morgan fingerprint density at radius 2 is 1.83 bits per heavy atom. The Balaban J connectivity index is 0.00000135. The van der Waals surface area contributed by atoms with Crippen molar-refractivity contribution in [2.75, 3.05) is 6.54 Å². The summed E-state index contributed by atoms with van der Waals surface area (Å²) in [4.78, 5) is 19.7. The van der Waals surface area contributed by atoms with Gasteiger partial charge < -0.3 is 10.3 Å². The Morgan fingerprint density at radius 1 is 1.17 bits per heavy atom. The molecule has 0 radical (unpaired) electrons. The Morgan fingerprint density at radius 3 is 2.39 bits per heavy atom. The Bertz CT molecular complexity index is 550. The topological polar surface area (TPSA) is 57.8 Å². The van der Waals surface area contributed by atoms with E-state index in [1.165, 1.54) is 38.5 Å². The van der Waals surface area contributed by atoms with Gasteiger partial charge >= 0.3 is 0 Å². The highest BCUT2D eigenvalue weighted by molar-refractivity contribution is 5.85. The average Bonchev–Trinajstić information content (AvgIpc) is 3.09. The first-order valence-corrected chi connectivity index (χ1v) is 8.97. The lowest BCUT2D eigenvalue weighted by Gasteiger charge is -2.56. The molecule has 1 unspecified atom stereocenters. The molecule has 0 aromatic carbocycles. The second-order valence-corrected chi connectivity index (χ2v) is 8.59. The van der Waals surface area contributed by atoms with E-state index in [1.54, 1.807) is 6.33 Å². The molecule has 2 N–H and O–H groups in total. The number of rotatable bonds is 4. The molecule has 5 heteroatoms. The van der Waals surface area contributed by atoms with E-state index < -0.39 is 0 Å². The molecule has 5 fully saturated rings. The van der Waals surface area contributed by atoms with E-state index in [2.05, 4.69) is 15.3 Å². The van der Waals surface area contributed by atoms with Gasteiger partial charge in [0.1, 0.15) is 0 Å². The zero-order valence-corrected chi connectivity index (χ0v) is 14.3. The van der Waals surface area contributed by atoms with Gasteiger partial charge in [0.15, 0.2) is 0 Å². The van der Waals surface area contributed by atoms with Gasteiger partial charge in [-0.15, -0.1) is 12.4 Å². The van der Waals surface area contributed by atoms with Gasteiger partial charge in [-0.1, -0.05) is 0 Å². The van der Waals surface area contributed by atoms with Gasteiger partial charge in [0, 0.05) is 30.3 Å². The van der Waals surface area contributed by atoms with Crippen molar-refractivity contribution in [2.45, 2.75) is 50.9 Å². The second-order valence-electron chi connectivity index (χ2n) is 8.59. The SMILES string of the molecule is Cl.O=C(NCC12CC3CC(CC(C3)C1)C2)C1C[C@H]1c1cnc[nH]1. The molecule has 1 heterocycles. The van der Waals surface area contributed by atoms with E-state index in [1.807, 2.05) is 6.20 Å². The van der Waals surface area contributed by atoms with E-state index in [0.29, 0.717) is 11.3 Å². The fourth-order valence-electron chi connectivity index (χ4n) is 6.21. The van der Waals surface area contributed by atoms with Crippen LogP contribution < -0.4 is 5.32 Å². The van der Waals surface area contributed by atoms with E-state index in [-0.39, 0.29) is 24.2 Å². The van der Waals surface area contributed by atoms with Crippen LogP contribution in [0.5, 0.6) is 0 Å². The monoisotopic (exact) mass is 335 g/mol. The molecule has 23 heavy (non-hydrogen) atoms. The van der Waals surface area contributed by atoms with Crippen molar-refractivity contribution in [1.29, 1.82) is 0 Å². The van der Waals surface area contributed by atoms with E-state index in [0.717, 1.165) is 36.4 Å². The lowest BCUT2D eigenvalue weighted by atomic mass is 9.49. The summed E-state index contributed by atoms with van der Waals surface area (Å²) in [5.74, 6) is 3.70. The highest BCUT2D eigenvalue weighted by atomic mass is 35.5. The van der Waals surface area contributed by atoms with Crippen LogP contribution in [0.1, 0.15) is 56.6 Å². The molecule has 2 atom stereocenters. The van der Waals surface area contributed by atoms with Crippen LogP contribution in [0.3, 0.4) is 0 Å². The normalized spacial score (nSPS) is 43.0. The molecule has 126 valence electrons. The van der Waals surface area contributed by atoms with Crippen molar-refractivity contribution < 1.29 is 4.79 Å². The van der Waals surface area contributed by atoms with Crippen molar-refractivity contribution >= 4 is 18.3 Å². The summed E-state index contributed by atoms with van der Waals surface area (Å²) in [5, 5.41) is 3.32. The lowest BCUT2D eigenvalue weighted by molar-refractivity contribution is -0.124. The molecule has 0 aliphatic heterocycles. The lowest BCUT2D eigenvalue weighted by Crippen LogP contribution is -2.51. The number of hydrogen-bond acceptors (Lipinski definition) is 2. The molecule has 4 bridgehead atoms. The first-order chi connectivity index (χ1) is 10.7. The molecule has 0 saturated heterocycles. The Labute approximate surface area is 143 Å². The largest absolute Gasteiger partial charge is 0.355 e. The Hall–Kier alpha value is -1.03. The standard InChI is InChI=1S/C18H25N3O.ClH/c22-17(15-4-14(15)16-8-19-10-21-16)20-9-18-5-11-1-12(6-18)3-13(2-11)7-18;/h8,10-15H,1-7,9H2,(H,19,21)(H,20,22);1H/t11?,12?,13?,14-,15?,18?;/m1./s1.